The predicted molar refractivity (Wildman–Crippen MR) is 106 cm³/mol. The van der Waals surface area contributed by atoms with Crippen LogP contribution >= 0.6 is 0 Å². The normalized spacial score (nSPS) is 10.8. The number of carbonyl (C=O) groups is 1. The van der Waals surface area contributed by atoms with Crippen LogP contribution in [-0.4, -0.2) is 23.8 Å². The summed E-state index contributed by atoms with van der Waals surface area (Å²) in [6, 6.07) is 13.6. The van der Waals surface area contributed by atoms with Gasteiger partial charge in [-0.25, -0.2) is 4.79 Å². The minimum absolute atomic E-state index is 0.0658. The molecule has 0 spiro atoms. The van der Waals surface area contributed by atoms with Gasteiger partial charge in [-0.15, -0.1) is 0 Å². The lowest BCUT2D eigenvalue weighted by molar-refractivity contribution is -0.138. The molecule has 0 saturated heterocycles. The summed E-state index contributed by atoms with van der Waals surface area (Å²) in [5.74, 6) is 0.131. The number of carbonyl (C=O) groups excluding carboxylic acids is 1. The number of benzene rings is 1. The maximum absolute atomic E-state index is 12.1. The second-order valence-corrected chi connectivity index (χ2v) is 6.16. The summed E-state index contributed by atoms with van der Waals surface area (Å²) in [7, 11) is 0. The Labute approximate surface area is 165 Å². The Balaban J connectivity index is 2.26. The van der Waals surface area contributed by atoms with E-state index in [1.807, 2.05) is 63.2 Å². The maximum atomic E-state index is 12.1. The molecule has 0 atom stereocenters. The number of rotatable bonds is 8. The van der Waals surface area contributed by atoms with Crippen LogP contribution in [-0.2, 0) is 9.53 Å². The van der Waals surface area contributed by atoms with Crippen molar-refractivity contribution in [2.24, 2.45) is 0 Å². The zero-order chi connectivity index (χ0) is 20.5. The van der Waals surface area contributed by atoms with E-state index < -0.39 is 5.97 Å². The number of unbranched alkanes of at least 4 members (excludes halogenated alkanes) is 1. The zero-order valence-electron chi connectivity index (χ0n) is 16.4. The number of ether oxygens (including phenoxy) is 2. The van der Waals surface area contributed by atoms with E-state index in [0.29, 0.717) is 19.4 Å². The quantitative estimate of drug-likeness (QED) is 0.297. The van der Waals surface area contributed by atoms with Crippen LogP contribution in [0.25, 0.3) is 11.8 Å². The van der Waals surface area contributed by atoms with Crippen LogP contribution in [0.2, 0.25) is 0 Å². The average molecular weight is 377 g/mol. The van der Waals surface area contributed by atoms with Crippen molar-refractivity contribution in [2.45, 2.75) is 33.6 Å². The number of hydrogen-bond acceptors (Lipinski definition) is 5. The monoisotopic (exact) mass is 377 g/mol. The van der Waals surface area contributed by atoms with E-state index in [9.17, 15) is 10.1 Å². The van der Waals surface area contributed by atoms with Gasteiger partial charge in [0.25, 0.3) is 0 Å². The lowest BCUT2D eigenvalue weighted by Crippen LogP contribution is -2.08. The van der Waals surface area contributed by atoms with Gasteiger partial charge in [0.05, 0.1) is 19.3 Å². The number of nitriles is 2. The van der Waals surface area contributed by atoms with Gasteiger partial charge in [-0.3, -0.25) is 0 Å². The first-order valence-electron chi connectivity index (χ1n) is 9.09. The molecule has 6 nitrogen and oxygen atoms in total. The molecule has 0 aliphatic rings. The summed E-state index contributed by atoms with van der Waals surface area (Å²) in [5, 5.41) is 17.8. The summed E-state index contributed by atoms with van der Waals surface area (Å²) in [6.45, 7) is 6.57. The number of hydrogen-bond donors (Lipinski definition) is 0. The molecule has 28 heavy (non-hydrogen) atoms. The smallest absolute Gasteiger partial charge is 0.348 e. The zero-order valence-corrected chi connectivity index (χ0v) is 16.4. The molecule has 1 heterocycles. The van der Waals surface area contributed by atoms with Crippen LogP contribution in [0, 0.1) is 36.5 Å². The molecular weight excluding hydrogens is 354 g/mol. The number of aromatic nitrogens is 1. The molecule has 0 unspecified atom stereocenters. The van der Waals surface area contributed by atoms with Crippen molar-refractivity contribution < 1.29 is 14.3 Å². The highest BCUT2D eigenvalue weighted by molar-refractivity contribution is 5.98. The van der Waals surface area contributed by atoms with E-state index >= 15 is 0 Å². The molecule has 6 heteroatoms. The lowest BCUT2D eigenvalue weighted by atomic mass is 10.1. The van der Waals surface area contributed by atoms with Gasteiger partial charge >= 0.3 is 5.97 Å². The van der Waals surface area contributed by atoms with Crippen LogP contribution in [0.15, 0.2) is 35.9 Å². The summed E-state index contributed by atoms with van der Waals surface area (Å²) in [6.07, 6.45) is 2.30. The van der Waals surface area contributed by atoms with Crippen LogP contribution < -0.4 is 4.74 Å². The summed E-state index contributed by atoms with van der Waals surface area (Å²) >= 11 is 0. The van der Waals surface area contributed by atoms with E-state index in [0.717, 1.165) is 28.4 Å². The second-order valence-electron chi connectivity index (χ2n) is 6.16. The van der Waals surface area contributed by atoms with Gasteiger partial charge in [0.15, 0.2) is 0 Å². The molecular formula is C22H23N3O3. The van der Waals surface area contributed by atoms with Gasteiger partial charge in [0.1, 0.15) is 17.4 Å². The van der Waals surface area contributed by atoms with Crippen molar-refractivity contribution in [3.8, 4) is 23.6 Å². The highest BCUT2D eigenvalue weighted by Crippen LogP contribution is 2.24. The average Bonchev–Trinajstić information content (AvgIpc) is 2.97. The van der Waals surface area contributed by atoms with Gasteiger partial charge in [0, 0.05) is 23.5 Å². The first-order chi connectivity index (χ1) is 13.5. The largest absolute Gasteiger partial charge is 0.494 e. The Morgan fingerprint density at radius 3 is 2.54 bits per heavy atom. The third-order valence-corrected chi connectivity index (χ3v) is 4.18. The van der Waals surface area contributed by atoms with Crippen LogP contribution in [0.4, 0.5) is 0 Å². The van der Waals surface area contributed by atoms with Crippen molar-refractivity contribution >= 4 is 12.0 Å². The molecule has 0 aliphatic heterocycles. The molecule has 0 bridgehead atoms. The Kier molecular flexibility index (Phi) is 7.42. The molecule has 2 aromatic rings. The van der Waals surface area contributed by atoms with Gasteiger partial charge < -0.3 is 14.0 Å². The Morgan fingerprint density at radius 1 is 1.21 bits per heavy atom. The number of nitrogens with zero attached hydrogens (tertiary/aromatic N) is 3. The van der Waals surface area contributed by atoms with Crippen LogP contribution in [0.5, 0.6) is 5.75 Å². The van der Waals surface area contributed by atoms with Crippen molar-refractivity contribution in [1.29, 1.82) is 10.5 Å². The topological polar surface area (TPSA) is 88.0 Å². The highest BCUT2D eigenvalue weighted by atomic mass is 16.5. The minimum Gasteiger partial charge on any atom is -0.494 e. The molecule has 2 rings (SSSR count). The van der Waals surface area contributed by atoms with Crippen molar-refractivity contribution in [3.05, 3.63) is 52.9 Å². The molecule has 0 fully saturated rings. The molecule has 0 N–H and O–H groups in total. The Bertz CT molecular complexity index is 941. The van der Waals surface area contributed by atoms with Crippen molar-refractivity contribution in [2.75, 3.05) is 13.2 Å². The Hall–Kier alpha value is -3.51. The standard InChI is InChI=1S/C22H23N3O3/c1-4-27-21-9-7-20(8-10-21)25-16(2)13-18(17(25)3)14-19(15-24)22(26)28-12-6-5-11-23/h7-10,13-14H,4-6,12H2,1-3H3/b19-14+. The first kappa shape index (κ1) is 20.8. The third-order valence-electron chi connectivity index (χ3n) is 4.18. The van der Waals surface area contributed by atoms with E-state index in [2.05, 4.69) is 4.57 Å². The van der Waals surface area contributed by atoms with E-state index in [4.69, 9.17) is 14.7 Å². The molecule has 0 aliphatic carbocycles. The number of aryl methyl sites for hydroxylation is 1. The van der Waals surface area contributed by atoms with E-state index in [-0.39, 0.29) is 12.2 Å². The summed E-state index contributed by atoms with van der Waals surface area (Å²) in [4.78, 5) is 12.1. The summed E-state index contributed by atoms with van der Waals surface area (Å²) < 4.78 is 12.6. The fourth-order valence-electron chi connectivity index (χ4n) is 2.88. The van der Waals surface area contributed by atoms with Crippen LogP contribution in [0.1, 0.15) is 36.7 Å². The van der Waals surface area contributed by atoms with Gasteiger partial charge in [0.2, 0.25) is 0 Å². The van der Waals surface area contributed by atoms with Gasteiger partial charge in [-0.1, -0.05) is 0 Å². The van der Waals surface area contributed by atoms with Crippen LogP contribution in [0.3, 0.4) is 0 Å². The predicted octanol–water partition coefficient (Wildman–Crippen LogP) is 4.25. The molecule has 144 valence electrons. The first-order valence-corrected chi connectivity index (χ1v) is 9.09. The maximum Gasteiger partial charge on any atom is 0.348 e. The molecule has 0 amide bonds. The fraction of sp³-hybridized carbons (Fsp3) is 0.318. The fourth-order valence-corrected chi connectivity index (χ4v) is 2.88. The molecule has 0 saturated carbocycles. The highest BCUT2D eigenvalue weighted by Gasteiger charge is 2.14. The van der Waals surface area contributed by atoms with E-state index in [1.165, 1.54) is 0 Å². The molecule has 1 aromatic carbocycles. The second kappa shape index (κ2) is 9.99. The van der Waals surface area contributed by atoms with E-state index in [1.54, 1.807) is 6.08 Å². The molecule has 1 aromatic heterocycles. The minimum atomic E-state index is -0.675. The van der Waals surface area contributed by atoms with Crippen molar-refractivity contribution in [3.63, 3.8) is 0 Å². The number of esters is 1. The van der Waals surface area contributed by atoms with Gasteiger partial charge in [-0.2, -0.15) is 10.5 Å². The third kappa shape index (κ3) is 5.02. The van der Waals surface area contributed by atoms with Crippen molar-refractivity contribution in [1.82, 2.24) is 4.57 Å². The SMILES string of the molecule is CCOc1ccc(-n2c(C)cc(/C=C(\C#N)C(=O)OCCCC#N)c2C)cc1. The Morgan fingerprint density at radius 2 is 1.93 bits per heavy atom. The summed E-state index contributed by atoms with van der Waals surface area (Å²) in [5.41, 5.74) is 3.57. The molecule has 0 radical (unpaired) electrons. The van der Waals surface area contributed by atoms with Gasteiger partial charge in [-0.05, 0) is 69.2 Å². The lowest BCUT2D eigenvalue weighted by Gasteiger charge is -2.11.